The average Bonchev–Trinajstić information content (AvgIpc) is 2.92. The molecule has 0 atom stereocenters. The molecule has 0 aliphatic heterocycles. The van der Waals surface area contributed by atoms with Gasteiger partial charge < -0.3 is 14.8 Å². The van der Waals surface area contributed by atoms with Crippen molar-refractivity contribution in [1.82, 2.24) is 10.7 Å². The summed E-state index contributed by atoms with van der Waals surface area (Å²) in [7, 11) is 0. The van der Waals surface area contributed by atoms with E-state index in [9.17, 15) is 14.4 Å². The normalized spacial score (nSPS) is 10.7. The summed E-state index contributed by atoms with van der Waals surface area (Å²) in [5.41, 5.74) is 4.06. The molecule has 8 nitrogen and oxygen atoms in total. The molecule has 2 N–H and O–H groups in total. The van der Waals surface area contributed by atoms with E-state index in [1.807, 2.05) is 13.0 Å². The Balaban J connectivity index is 1.39. The lowest BCUT2D eigenvalue weighted by molar-refractivity contribution is -0.121. The molecule has 9 heteroatoms. The van der Waals surface area contributed by atoms with Crippen LogP contribution in [-0.4, -0.2) is 37.1 Å². The van der Waals surface area contributed by atoms with E-state index in [4.69, 9.17) is 21.1 Å². The van der Waals surface area contributed by atoms with E-state index in [1.165, 1.54) is 6.21 Å². The van der Waals surface area contributed by atoms with Gasteiger partial charge >= 0.3 is 5.97 Å². The molecule has 198 valence electrons. The molecule has 3 aromatic rings. The summed E-state index contributed by atoms with van der Waals surface area (Å²) in [5.74, 6) is -0.209. The van der Waals surface area contributed by atoms with E-state index in [2.05, 4.69) is 15.8 Å². The molecule has 0 saturated heterocycles. The van der Waals surface area contributed by atoms with E-state index in [0.717, 1.165) is 12.8 Å². The van der Waals surface area contributed by atoms with E-state index in [1.54, 1.807) is 66.7 Å². The molecule has 0 heterocycles. The van der Waals surface area contributed by atoms with Crippen LogP contribution in [0.3, 0.4) is 0 Å². The number of carbonyl (C=O) groups is 3. The molecule has 0 bridgehead atoms. The average molecular weight is 536 g/mol. The van der Waals surface area contributed by atoms with E-state index >= 15 is 0 Å². The van der Waals surface area contributed by atoms with Crippen LogP contribution in [-0.2, 0) is 4.79 Å². The van der Waals surface area contributed by atoms with Crippen LogP contribution in [0.25, 0.3) is 0 Å². The van der Waals surface area contributed by atoms with Crippen LogP contribution in [0.4, 0.5) is 0 Å². The van der Waals surface area contributed by atoms with Crippen molar-refractivity contribution < 1.29 is 23.9 Å². The summed E-state index contributed by atoms with van der Waals surface area (Å²) in [5, 5.41) is 7.25. The molecule has 3 rings (SSSR count). The Kier molecular flexibility index (Phi) is 11.3. The number of halogens is 1. The molecule has 0 aromatic heterocycles. The number of hydrazone groups is 1. The summed E-state index contributed by atoms with van der Waals surface area (Å²) >= 11 is 6.02. The van der Waals surface area contributed by atoms with Crippen molar-refractivity contribution in [2.45, 2.75) is 32.6 Å². The van der Waals surface area contributed by atoms with Crippen LogP contribution >= 0.6 is 11.6 Å². The number of ether oxygens (including phenoxy) is 2. The SMILES string of the molecule is CCOc1cc(C=NNC(=O)CCCCCNC(=O)c2ccccc2Cl)ccc1OC(=O)c1ccccc1. The molecule has 0 radical (unpaired) electrons. The van der Waals surface area contributed by atoms with Gasteiger partial charge in [0.15, 0.2) is 11.5 Å². The van der Waals surface area contributed by atoms with Gasteiger partial charge in [-0.15, -0.1) is 0 Å². The predicted octanol–water partition coefficient (Wildman–Crippen LogP) is 5.40. The first-order chi connectivity index (χ1) is 18.5. The molecule has 0 aliphatic carbocycles. The highest BCUT2D eigenvalue weighted by atomic mass is 35.5. The fraction of sp³-hybridized carbons (Fsp3) is 0.241. The van der Waals surface area contributed by atoms with Crippen molar-refractivity contribution in [3.63, 3.8) is 0 Å². The van der Waals surface area contributed by atoms with Crippen LogP contribution < -0.4 is 20.2 Å². The molecule has 3 aromatic carbocycles. The van der Waals surface area contributed by atoms with Gasteiger partial charge in [-0.3, -0.25) is 9.59 Å². The van der Waals surface area contributed by atoms with Crippen molar-refractivity contribution in [1.29, 1.82) is 0 Å². The smallest absolute Gasteiger partial charge is 0.343 e. The maximum atomic E-state index is 12.4. The lowest BCUT2D eigenvalue weighted by Crippen LogP contribution is -2.24. The predicted molar refractivity (Wildman–Crippen MR) is 147 cm³/mol. The van der Waals surface area contributed by atoms with Crippen molar-refractivity contribution in [2.75, 3.05) is 13.2 Å². The third-order valence-corrected chi connectivity index (χ3v) is 5.70. The highest BCUT2D eigenvalue weighted by molar-refractivity contribution is 6.33. The van der Waals surface area contributed by atoms with E-state index in [-0.39, 0.29) is 11.8 Å². The molecule has 38 heavy (non-hydrogen) atoms. The number of nitrogens with zero attached hydrogens (tertiary/aromatic N) is 1. The second-order valence-electron chi connectivity index (χ2n) is 8.23. The van der Waals surface area contributed by atoms with Gasteiger partial charge in [-0.25, -0.2) is 10.2 Å². The summed E-state index contributed by atoms with van der Waals surface area (Å²) in [6.07, 6.45) is 4.00. The fourth-order valence-electron chi connectivity index (χ4n) is 3.46. The van der Waals surface area contributed by atoms with Gasteiger partial charge in [0.2, 0.25) is 5.91 Å². The summed E-state index contributed by atoms with van der Waals surface area (Å²) in [6, 6.07) is 20.6. The van der Waals surface area contributed by atoms with Gasteiger partial charge in [-0.1, -0.05) is 48.4 Å². The Bertz CT molecular complexity index is 1260. The Morgan fingerprint density at radius 3 is 2.45 bits per heavy atom. The van der Waals surface area contributed by atoms with E-state index in [0.29, 0.717) is 59.2 Å². The van der Waals surface area contributed by atoms with Gasteiger partial charge in [0.05, 0.1) is 29.0 Å². The fourth-order valence-corrected chi connectivity index (χ4v) is 3.68. The zero-order valence-electron chi connectivity index (χ0n) is 21.1. The van der Waals surface area contributed by atoms with Gasteiger partial charge in [-0.05, 0) is 67.8 Å². The monoisotopic (exact) mass is 535 g/mol. The van der Waals surface area contributed by atoms with Crippen molar-refractivity contribution >= 4 is 35.6 Å². The minimum absolute atomic E-state index is 0.209. The Hall–Kier alpha value is -4.17. The molecule has 2 amide bonds. The topological polar surface area (TPSA) is 106 Å². The molecule has 0 fully saturated rings. The molecule has 0 spiro atoms. The van der Waals surface area contributed by atoms with Crippen molar-refractivity contribution in [3.8, 4) is 11.5 Å². The molecular formula is C29H30ClN3O5. The second-order valence-corrected chi connectivity index (χ2v) is 8.64. The van der Waals surface area contributed by atoms with Crippen molar-refractivity contribution in [2.24, 2.45) is 5.10 Å². The first kappa shape index (κ1) is 28.4. The number of rotatable bonds is 13. The largest absolute Gasteiger partial charge is 0.490 e. The lowest BCUT2D eigenvalue weighted by atomic mass is 10.1. The molecular weight excluding hydrogens is 506 g/mol. The third kappa shape index (κ3) is 9.05. The maximum Gasteiger partial charge on any atom is 0.343 e. The number of unbranched alkanes of at least 4 members (excludes halogenated alkanes) is 2. The molecule has 0 aliphatic rings. The number of carbonyl (C=O) groups excluding carboxylic acids is 3. The summed E-state index contributed by atoms with van der Waals surface area (Å²) < 4.78 is 11.1. The Morgan fingerprint density at radius 2 is 1.68 bits per heavy atom. The molecule has 0 saturated carbocycles. The van der Waals surface area contributed by atoms with Crippen LogP contribution in [0.5, 0.6) is 11.5 Å². The first-order valence-corrected chi connectivity index (χ1v) is 12.7. The number of nitrogens with one attached hydrogen (secondary N) is 2. The Labute approximate surface area is 227 Å². The van der Waals surface area contributed by atoms with Crippen LogP contribution in [0, 0.1) is 0 Å². The number of amides is 2. The minimum atomic E-state index is -0.483. The van der Waals surface area contributed by atoms with Crippen LogP contribution in [0.1, 0.15) is 58.9 Å². The standard InChI is InChI=1S/C29H30ClN3O5/c1-2-37-26-19-21(16-17-25(26)38-29(36)22-11-5-3-6-12-22)20-32-33-27(34)15-7-4-10-18-31-28(35)23-13-8-9-14-24(23)30/h3,5-6,8-9,11-14,16-17,19-20H,2,4,7,10,15,18H2,1H3,(H,31,35)(H,33,34). The number of esters is 1. The number of hydrogen-bond acceptors (Lipinski definition) is 6. The quantitative estimate of drug-likeness (QED) is 0.100. The zero-order valence-corrected chi connectivity index (χ0v) is 21.9. The van der Waals surface area contributed by atoms with Gasteiger partial charge in [-0.2, -0.15) is 5.10 Å². The van der Waals surface area contributed by atoms with E-state index < -0.39 is 5.97 Å². The lowest BCUT2D eigenvalue weighted by Gasteiger charge is -2.11. The minimum Gasteiger partial charge on any atom is -0.490 e. The van der Waals surface area contributed by atoms with Crippen molar-refractivity contribution in [3.05, 3.63) is 94.5 Å². The van der Waals surface area contributed by atoms with Gasteiger partial charge in [0, 0.05) is 13.0 Å². The number of benzene rings is 3. The van der Waals surface area contributed by atoms with Gasteiger partial charge in [0.25, 0.3) is 5.91 Å². The summed E-state index contributed by atoms with van der Waals surface area (Å²) in [4.78, 5) is 36.6. The maximum absolute atomic E-state index is 12.4. The number of hydrogen-bond donors (Lipinski definition) is 2. The third-order valence-electron chi connectivity index (χ3n) is 5.37. The highest BCUT2D eigenvalue weighted by Crippen LogP contribution is 2.29. The zero-order chi connectivity index (χ0) is 27.2. The van der Waals surface area contributed by atoms with Crippen LogP contribution in [0.15, 0.2) is 77.9 Å². The second kappa shape index (κ2) is 15.2. The highest BCUT2D eigenvalue weighted by Gasteiger charge is 2.13. The summed E-state index contributed by atoms with van der Waals surface area (Å²) in [6.45, 7) is 2.72. The van der Waals surface area contributed by atoms with Crippen LogP contribution in [0.2, 0.25) is 5.02 Å². The molecule has 0 unspecified atom stereocenters. The van der Waals surface area contributed by atoms with Gasteiger partial charge in [0.1, 0.15) is 0 Å². The Morgan fingerprint density at radius 1 is 0.921 bits per heavy atom. The first-order valence-electron chi connectivity index (χ1n) is 12.4.